The first-order chi connectivity index (χ1) is 15.0. The van der Waals surface area contributed by atoms with E-state index in [0.29, 0.717) is 28.5 Å². The Labute approximate surface area is 178 Å². The summed E-state index contributed by atoms with van der Waals surface area (Å²) in [4.78, 5) is 12.3. The van der Waals surface area contributed by atoms with Crippen LogP contribution in [0.3, 0.4) is 0 Å². The Bertz CT molecular complexity index is 1220. The lowest BCUT2D eigenvalue weighted by molar-refractivity contribution is 0.0472. The van der Waals surface area contributed by atoms with Crippen LogP contribution in [-0.2, 0) is 11.3 Å². The average molecular weight is 418 g/mol. The molecule has 0 fully saturated rings. The predicted molar refractivity (Wildman–Crippen MR) is 112 cm³/mol. The van der Waals surface area contributed by atoms with Gasteiger partial charge in [0.25, 0.3) is 0 Å². The minimum Gasteiger partial charge on any atom is -0.494 e. The van der Waals surface area contributed by atoms with Crippen LogP contribution in [0.1, 0.15) is 21.5 Å². The van der Waals surface area contributed by atoms with E-state index in [0.717, 1.165) is 11.1 Å². The molecule has 156 valence electrons. The number of hydrogen-bond acceptors (Lipinski definition) is 6. The number of nitrogens with zero attached hydrogens (tertiary/aromatic N) is 2. The SMILES string of the molecule is COc1ccc(COC(=O)c2ccc(-c3nnc(-c4ccccc4C)o3)cc2)cc1F. The summed E-state index contributed by atoms with van der Waals surface area (Å²) in [5, 5.41) is 8.21. The highest BCUT2D eigenvalue weighted by Gasteiger charge is 2.14. The third kappa shape index (κ3) is 4.45. The summed E-state index contributed by atoms with van der Waals surface area (Å²) in [6.07, 6.45) is 0. The molecule has 0 spiro atoms. The molecular formula is C24H19FN2O4. The van der Waals surface area contributed by atoms with Gasteiger partial charge in [-0.3, -0.25) is 0 Å². The van der Waals surface area contributed by atoms with Gasteiger partial charge >= 0.3 is 5.97 Å². The number of hydrogen-bond donors (Lipinski definition) is 0. The fourth-order valence-corrected chi connectivity index (χ4v) is 3.04. The molecule has 6 nitrogen and oxygen atoms in total. The fraction of sp³-hybridized carbons (Fsp3) is 0.125. The largest absolute Gasteiger partial charge is 0.494 e. The molecule has 4 rings (SSSR count). The van der Waals surface area contributed by atoms with Gasteiger partial charge in [-0.25, -0.2) is 9.18 Å². The number of halogens is 1. The first kappa shape index (κ1) is 20.3. The second kappa shape index (κ2) is 8.79. The van der Waals surface area contributed by atoms with Crippen LogP contribution < -0.4 is 4.74 Å². The van der Waals surface area contributed by atoms with Gasteiger partial charge in [-0.1, -0.05) is 24.3 Å². The van der Waals surface area contributed by atoms with Crippen molar-refractivity contribution in [2.45, 2.75) is 13.5 Å². The Hall–Kier alpha value is -4.00. The molecule has 0 saturated heterocycles. The molecule has 0 saturated carbocycles. The number of aryl methyl sites for hydroxylation is 1. The Balaban J connectivity index is 1.43. The highest BCUT2D eigenvalue weighted by molar-refractivity contribution is 5.89. The van der Waals surface area contributed by atoms with Crippen molar-refractivity contribution in [3.05, 3.63) is 89.2 Å². The molecular weight excluding hydrogens is 399 g/mol. The van der Waals surface area contributed by atoms with Crippen LogP contribution in [0, 0.1) is 12.7 Å². The van der Waals surface area contributed by atoms with Gasteiger partial charge in [-0.15, -0.1) is 10.2 Å². The molecule has 0 aliphatic rings. The number of rotatable bonds is 6. The van der Waals surface area contributed by atoms with Crippen LogP contribution in [0.15, 0.2) is 71.1 Å². The normalized spacial score (nSPS) is 10.7. The van der Waals surface area contributed by atoms with Crippen LogP contribution in [-0.4, -0.2) is 23.3 Å². The first-order valence-electron chi connectivity index (χ1n) is 9.54. The lowest BCUT2D eigenvalue weighted by Crippen LogP contribution is -2.05. The molecule has 7 heteroatoms. The molecule has 1 heterocycles. The van der Waals surface area contributed by atoms with Gasteiger partial charge in [0.05, 0.1) is 12.7 Å². The van der Waals surface area contributed by atoms with E-state index in [2.05, 4.69) is 10.2 Å². The number of carbonyl (C=O) groups excluding carboxylic acids is 1. The van der Waals surface area contributed by atoms with E-state index in [1.807, 2.05) is 31.2 Å². The summed E-state index contributed by atoms with van der Waals surface area (Å²) in [6.45, 7) is 1.92. The van der Waals surface area contributed by atoms with E-state index in [1.165, 1.54) is 19.2 Å². The Morgan fingerprint density at radius 1 is 1.00 bits per heavy atom. The van der Waals surface area contributed by atoms with Crippen molar-refractivity contribution in [2.24, 2.45) is 0 Å². The number of ether oxygens (including phenoxy) is 2. The topological polar surface area (TPSA) is 74.5 Å². The highest BCUT2D eigenvalue weighted by atomic mass is 19.1. The summed E-state index contributed by atoms with van der Waals surface area (Å²) < 4.78 is 29.7. The Morgan fingerprint density at radius 2 is 1.74 bits per heavy atom. The van der Waals surface area contributed by atoms with E-state index >= 15 is 0 Å². The summed E-state index contributed by atoms with van der Waals surface area (Å²) in [7, 11) is 1.39. The predicted octanol–water partition coefficient (Wildman–Crippen LogP) is 5.22. The van der Waals surface area contributed by atoms with E-state index < -0.39 is 11.8 Å². The molecule has 0 amide bonds. The average Bonchev–Trinajstić information content (AvgIpc) is 3.28. The number of esters is 1. The van der Waals surface area contributed by atoms with E-state index in [9.17, 15) is 9.18 Å². The highest BCUT2D eigenvalue weighted by Crippen LogP contribution is 2.26. The van der Waals surface area contributed by atoms with Crippen molar-refractivity contribution in [3.8, 4) is 28.7 Å². The fourth-order valence-electron chi connectivity index (χ4n) is 3.04. The van der Waals surface area contributed by atoms with Crippen molar-refractivity contribution in [1.29, 1.82) is 0 Å². The van der Waals surface area contributed by atoms with Gasteiger partial charge in [0.2, 0.25) is 11.8 Å². The van der Waals surface area contributed by atoms with Crippen molar-refractivity contribution in [1.82, 2.24) is 10.2 Å². The van der Waals surface area contributed by atoms with E-state index in [-0.39, 0.29) is 12.4 Å². The zero-order valence-corrected chi connectivity index (χ0v) is 17.0. The zero-order valence-electron chi connectivity index (χ0n) is 17.0. The van der Waals surface area contributed by atoms with Gasteiger partial charge in [-0.05, 0) is 60.5 Å². The second-order valence-corrected chi connectivity index (χ2v) is 6.85. The van der Waals surface area contributed by atoms with Crippen LogP contribution in [0.2, 0.25) is 0 Å². The van der Waals surface area contributed by atoms with Crippen LogP contribution in [0.5, 0.6) is 5.75 Å². The summed E-state index contributed by atoms with van der Waals surface area (Å²) in [6, 6.07) is 18.8. The monoisotopic (exact) mass is 418 g/mol. The molecule has 0 atom stereocenters. The van der Waals surface area contributed by atoms with E-state index in [4.69, 9.17) is 13.9 Å². The molecule has 1 aromatic heterocycles. The summed E-state index contributed by atoms with van der Waals surface area (Å²) >= 11 is 0. The molecule has 31 heavy (non-hydrogen) atoms. The summed E-state index contributed by atoms with van der Waals surface area (Å²) in [5.74, 6) is -0.105. The summed E-state index contributed by atoms with van der Waals surface area (Å²) in [5.41, 5.74) is 3.47. The first-order valence-corrected chi connectivity index (χ1v) is 9.54. The van der Waals surface area contributed by atoms with Crippen LogP contribution in [0.25, 0.3) is 22.9 Å². The molecule has 0 aliphatic heterocycles. The van der Waals surface area contributed by atoms with Crippen molar-refractivity contribution >= 4 is 5.97 Å². The maximum Gasteiger partial charge on any atom is 0.338 e. The molecule has 0 bridgehead atoms. The molecule has 0 N–H and O–H groups in total. The second-order valence-electron chi connectivity index (χ2n) is 6.85. The maximum atomic E-state index is 13.8. The van der Waals surface area contributed by atoms with Gasteiger partial charge in [-0.2, -0.15) is 0 Å². The molecule has 0 aliphatic carbocycles. The minimum absolute atomic E-state index is 0.0506. The van der Waals surface area contributed by atoms with Crippen molar-refractivity contribution in [3.63, 3.8) is 0 Å². The third-order valence-corrected chi connectivity index (χ3v) is 4.75. The van der Waals surface area contributed by atoms with Crippen LogP contribution in [0.4, 0.5) is 4.39 Å². The number of methoxy groups -OCH3 is 1. The number of carbonyl (C=O) groups is 1. The lowest BCUT2D eigenvalue weighted by Gasteiger charge is -2.07. The van der Waals surface area contributed by atoms with Gasteiger partial charge in [0, 0.05) is 11.1 Å². The van der Waals surface area contributed by atoms with Gasteiger partial charge < -0.3 is 13.9 Å². The Kier molecular flexibility index (Phi) is 5.75. The smallest absolute Gasteiger partial charge is 0.338 e. The molecule has 0 unspecified atom stereocenters. The molecule has 4 aromatic rings. The van der Waals surface area contributed by atoms with Crippen molar-refractivity contribution < 1.29 is 23.1 Å². The third-order valence-electron chi connectivity index (χ3n) is 4.75. The van der Waals surface area contributed by atoms with Gasteiger partial charge in [0.15, 0.2) is 11.6 Å². The van der Waals surface area contributed by atoms with Crippen LogP contribution >= 0.6 is 0 Å². The number of benzene rings is 3. The standard InChI is InChI=1S/C24H19FN2O4/c1-15-5-3-4-6-19(15)23-27-26-22(31-23)17-8-10-18(11-9-17)24(28)30-14-16-7-12-21(29-2)20(25)13-16/h3-13H,14H2,1-2H3. The van der Waals surface area contributed by atoms with E-state index in [1.54, 1.807) is 30.3 Å². The quantitative estimate of drug-likeness (QED) is 0.400. The molecule has 3 aromatic carbocycles. The Morgan fingerprint density at radius 3 is 2.45 bits per heavy atom. The number of aromatic nitrogens is 2. The van der Waals surface area contributed by atoms with Gasteiger partial charge in [0.1, 0.15) is 6.61 Å². The maximum absolute atomic E-state index is 13.8. The lowest BCUT2D eigenvalue weighted by atomic mass is 10.1. The molecule has 0 radical (unpaired) electrons. The minimum atomic E-state index is -0.520. The zero-order chi connectivity index (χ0) is 21.8. The van der Waals surface area contributed by atoms with Crippen molar-refractivity contribution in [2.75, 3.05) is 7.11 Å².